The van der Waals surface area contributed by atoms with Gasteiger partial charge < -0.3 is 4.74 Å². The molecule has 3 heterocycles. The van der Waals surface area contributed by atoms with E-state index in [1.807, 2.05) is 24.3 Å². The minimum Gasteiger partial charge on any atom is -0.481 e. The third-order valence-corrected chi connectivity index (χ3v) is 4.17. The van der Waals surface area contributed by atoms with E-state index in [9.17, 15) is 0 Å². The van der Waals surface area contributed by atoms with E-state index >= 15 is 0 Å². The van der Waals surface area contributed by atoms with Gasteiger partial charge in [0.2, 0.25) is 5.88 Å². The van der Waals surface area contributed by atoms with E-state index in [0.717, 1.165) is 40.0 Å². The number of ether oxygens (including phenoxy) is 1. The van der Waals surface area contributed by atoms with Gasteiger partial charge >= 0.3 is 0 Å². The maximum Gasteiger partial charge on any atom is 0.212 e. The van der Waals surface area contributed by atoms with Crippen LogP contribution in [0.3, 0.4) is 0 Å². The average Bonchev–Trinajstić information content (AvgIpc) is 3.27. The topological polar surface area (TPSA) is 92.4 Å². The van der Waals surface area contributed by atoms with E-state index in [1.165, 1.54) is 0 Å². The molecule has 0 radical (unpaired) electrons. The van der Waals surface area contributed by atoms with Crippen LogP contribution in [-0.4, -0.2) is 37.5 Å². The van der Waals surface area contributed by atoms with Crippen LogP contribution in [-0.2, 0) is 6.42 Å². The fraction of sp³-hybridized carbons (Fsp3) is 0.263. The van der Waals surface area contributed by atoms with Crippen LogP contribution in [0.25, 0.3) is 33.5 Å². The molecule has 132 valence electrons. The van der Waals surface area contributed by atoms with E-state index in [2.05, 4.69) is 50.3 Å². The molecule has 1 aromatic carbocycles. The van der Waals surface area contributed by atoms with E-state index in [4.69, 9.17) is 4.74 Å². The number of methoxy groups -OCH3 is 1. The molecule has 0 saturated heterocycles. The molecule has 0 fully saturated rings. The monoisotopic (exact) mass is 348 g/mol. The molecule has 4 aromatic rings. The predicted octanol–water partition coefficient (Wildman–Crippen LogP) is 3.62. The molecule has 2 N–H and O–H groups in total. The van der Waals surface area contributed by atoms with Gasteiger partial charge in [-0.05, 0) is 30.2 Å². The van der Waals surface area contributed by atoms with Gasteiger partial charge in [-0.25, -0.2) is 9.97 Å². The predicted molar refractivity (Wildman–Crippen MR) is 99.8 cm³/mol. The number of hydrogen-bond donors (Lipinski definition) is 2. The van der Waals surface area contributed by atoms with Crippen molar-refractivity contribution in [2.24, 2.45) is 5.92 Å². The SMILES string of the molecule is COc1ccc(-c2n[nH]c3ccc(-c4n[nH]c(CC(C)C)n4)cc23)cn1. The van der Waals surface area contributed by atoms with Crippen molar-refractivity contribution in [3.05, 3.63) is 42.4 Å². The minimum atomic E-state index is 0.529. The number of pyridine rings is 1. The molecule has 0 aliphatic rings. The summed E-state index contributed by atoms with van der Waals surface area (Å²) in [7, 11) is 1.60. The quantitative estimate of drug-likeness (QED) is 0.575. The van der Waals surface area contributed by atoms with E-state index in [-0.39, 0.29) is 0 Å². The lowest BCUT2D eigenvalue weighted by molar-refractivity contribution is 0.398. The van der Waals surface area contributed by atoms with Crippen LogP contribution in [0.15, 0.2) is 36.5 Å². The summed E-state index contributed by atoms with van der Waals surface area (Å²) >= 11 is 0. The molecule has 0 aliphatic heterocycles. The Morgan fingerprint density at radius 3 is 2.62 bits per heavy atom. The van der Waals surface area contributed by atoms with Gasteiger partial charge in [-0.15, -0.1) is 0 Å². The lowest BCUT2D eigenvalue weighted by Crippen LogP contribution is -1.95. The first-order valence-corrected chi connectivity index (χ1v) is 8.54. The zero-order valence-electron chi connectivity index (χ0n) is 14.9. The third-order valence-electron chi connectivity index (χ3n) is 4.17. The maximum atomic E-state index is 5.12. The highest BCUT2D eigenvalue weighted by Crippen LogP contribution is 2.29. The normalized spacial score (nSPS) is 11.4. The van der Waals surface area contributed by atoms with Crippen LogP contribution < -0.4 is 4.74 Å². The zero-order valence-corrected chi connectivity index (χ0v) is 14.9. The molecule has 7 heteroatoms. The second kappa shape index (κ2) is 6.59. The summed E-state index contributed by atoms with van der Waals surface area (Å²) in [6.45, 7) is 4.32. The van der Waals surface area contributed by atoms with Gasteiger partial charge in [-0.1, -0.05) is 13.8 Å². The zero-order chi connectivity index (χ0) is 18.1. The van der Waals surface area contributed by atoms with Crippen LogP contribution in [0.1, 0.15) is 19.7 Å². The van der Waals surface area contributed by atoms with Crippen LogP contribution in [0.2, 0.25) is 0 Å². The minimum absolute atomic E-state index is 0.529. The van der Waals surface area contributed by atoms with Crippen molar-refractivity contribution in [2.75, 3.05) is 7.11 Å². The van der Waals surface area contributed by atoms with Gasteiger partial charge in [0.15, 0.2) is 5.82 Å². The van der Waals surface area contributed by atoms with Crippen molar-refractivity contribution in [1.82, 2.24) is 30.4 Å². The van der Waals surface area contributed by atoms with Gasteiger partial charge in [-0.3, -0.25) is 10.2 Å². The maximum absolute atomic E-state index is 5.12. The second-order valence-electron chi connectivity index (χ2n) is 6.63. The molecule has 0 bridgehead atoms. The summed E-state index contributed by atoms with van der Waals surface area (Å²) < 4.78 is 5.12. The van der Waals surface area contributed by atoms with Crippen LogP contribution in [0.4, 0.5) is 0 Å². The number of benzene rings is 1. The highest BCUT2D eigenvalue weighted by atomic mass is 16.5. The first-order valence-electron chi connectivity index (χ1n) is 8.54. The van der Waals surface area contributed by atoms with Crippen molar-refractivity contribution in [3.63, 3.8) is 0 Å². The number of aromatic nitrogens is 6. The Balaban J connectivity index is 1.73. The lowest BCUT2D eigenvalue weighted by Gasteiger charge is -2.01. The number of fused-ring (bicyclic) bond motifs is 1. The second-order valence-corrected chi connectivity index (χ2v) is 6.63. The molecule has 0 saturated carbocycles. The van der Waals surface area contributed by atoms with E-state index < -0.39 is 0 Å². The molecule has 7 nitrogen and oxygen atoms in total. The summed E-state index contributed by atoms with van der Waals surface area (Å²) in [5, 5.41) is 15.9. The largest absolute Gasteiger partial charge is 0.481 e. The fourth-order valence-electron chi connectivity index (χ4n) is 2.92. The Kier molecular flexibility index (Phi) is 4.12. The smallest absolute Gasteiger partial charge is 0.212 e. The first-order chi connectivity index (χ1) is 12.6. The molecular formula is C19H20N6O. The van der Waals surface area contributed by atoms with Crippen molar-refractivity contribution in [2.45, 2.75) is 20.3 Å². The molecule has 0 amide bonds. The lowest BCUT2D eigenvalue weighted by atomic mass is 10.1. The number of rotatable bonds is 5. The van der Waals surface area contributed by atoms with Gasteiger partial charge in [-0.2, -0.15) is 10.2 Å². The molecule has 0 spiro atoms. The van der Waals surface area contributed by atoms with Crippen molar-refractivity contribution in [3.8, 4) is 28.5 Å². The molecule has 3 aromatic heterocycles. The van der Waals surface area contributed by atoms with Gasteiger partial charge in [0.1, 0.15) is 11.5 Å². The molecule has 0 atom stereocenters. The van der Waals surface area contributed by atoms with Crippen molar-refractivity contribution in [1.29, 1.82) is 0 Å². The van der Waals surface area contributed by atoms with Crippen LogP contribution in [0, 0.1) is 5.92 Å². The number of nitrogens with one attached hydrogen (secondary N) is 2. The number of H-pyrrole nitrogens is 2. The Labute approximate surface area is 150 Å². The van der Waals surface area contributed by atoms with Crippen LogP contribution in [0.5, 0.6) is 5.88 Å². The average molecular weight is 348 g/mol. The first kappa shape index (κ1) is 16.3. The van der Waals surface area contributed by atoms with Crippen molar-refractivity contribution >= 4 is 10.9 Å². The van der Waals surface area contributed by atoms with Gasteiger partial charge in [0, 0.05) is 35.2 Å². The molecule has 4 rings (SSSR count). The highest BCUT2D eigenvalue weighted by molar-refractivity contribution is 5.95. The molecular weight excluding hydrogens is 328 g/mol. The van der Waals surface area contributed by atoms with E-state index in [0.29, 0.717) is 17.6 Å². The molecule has 26 heavy (non-hydrogen) atoms. The highest BCUT2D eigenvalue weighted by Gasteiger charge is 2.13. The Morgan fingerprint density at radius 2 is 1.88 bits per heavy atom. The summed E-state index contributed by atoms with van der Waals surface area (Å²) in [6, 6.07) is 9.82. The summed E-state index contributed by atoms with van der Waals surface area (Å²) in [5.74, 6) is 2.71. The molecule has 0 unspecified atom stereocenters. The third kappa shape index (κ3) is 3.03. The Hall–Kier alpha value is -3.22. The van der Waals surface area contributed by atoms with Crippen molar-refractivity contribution < 1.29 is 4.74 Å². The van der Waals surface area contributed by atoms with E-state index in [1.54, 1.807) is 13.3 Å². The Bertz CT molecular complexity index is 1030. The van der Waals surface area contributed by atoms with Gasteiger partial charge in [0.05, 0.1) is 12.6 Å². The number of aromatic amines is 2. The standard InChI is InChI=1S/C19H20N6O/c1-11(2)8-16-21-19(25-23-16)12-4-6-15-14(9-12)18(24-22-15)13-5-7-17(26-3)20-10-13/h4-7,9-11H,8H2,1-3H3,(H,22,24)(H,21,23,25). The summed E-state index contributed by atoms with van der Waals surface area (Å²) in [4.78, 5) is 8.88. The number of hydrogen-bond acceptors (Lipinski definition) is 5. The molecule has 0 aliphatic carbocycles. The summed E-state index contributed by atoms with van der Waals surface area (Å²) in [5.41, 5.74) is 3.67. The Morgan fingerprint density at radius 1 is 1.04 bits per heavy atom. The number of nitrogens with zero attached hydrogens (tertiary/aromatic N) is 4. The summed E-state index contributed by atoms with van der Waals surface area (Å²) in [6.07, 6.45) is 2.64. The van der Waals surface area contributed by atoms with Crippen LogP contribution >= 0.6 is 0 Å². The fourth-order valence-corrected chi connectivity index (χ4v) is 2.92. The van der Waals surface area contributed by atoms with Gasteiger partial charge in [0.25, 0.3) is 0 Å².